The van der Waals surface area contributed by atoms with Crippen molar-refractivity contribution in [2.24, 2.45) is 0 Å². The van der Waals surface area contributed by atoms with Crippen molar-refractivity contribution in [1.29, 1.82) is 0 Å². The van der Waals surface area contributed by atoms with E-state index >= 15 is 0 Å². The Balaban J connectivity index is 1.56. The summed E-state index contributed by atoms with van der Waals surface area (Å²) in [6.07, 6.45) is 4.08. The summed E-state index contributed by atoms with van der Waals surface area (Å²) >= 11 is 1.61. The van der Waals surface area contributed by atoms with E-state index in [2.05, 4.69) is 10.3 Å². The average Bonchev–Trinajstić information content (AvgIpc) is 3.17. The molecule has 6 heteroatoms. The molecule has 0 aliphatic rings. The van der Waals surface area contributed by atoms with Crippen LogP contribution in [-0.2, 0) is 16.0 Å². The second-order valence-electron chi connectivity index (χ2n) is 6.42. The van der Waals surface area contributed by atoms with Crippen LogP contribution in [0.25, 0.3) is 21.8 Å². The molecule has 0 fully saturated rings. The summed E-state index contributed by atoms with van der Waals surface area (Å²) in [5, 5.41) is 5.89. The van der Waals surface area contributed by atoms with Crippen LogP contribution in [0.15, 0.2) is 54.2 Å². The third-order valence-electron chi connectivity index (χ3n) is 3.92. The van der Waals surface area contributed by atoms with Crippen molar-refractivity contribution in [1.82, 2.24) is 15.3 Å². The van der Waals surface area contributed by atoms with Crippen molar-refractivity contribution in [2.45, 2.75) is 26.4 Å². The highest BCUT2D eigenvalue weighted by atomic mass is 32.1. The fourth-order valence-electron chi connectivity index (χ4n) is 2.56. The molecule has 3 aromatic rings. The highest BCUT2D eigenvalue weighted by Crippen LogP contribution is 2.28. The van der Waals surface area contributed by atoms with Gasteiger partial charge in [-0.05, 0) is 31.5 Å². The number of carbonyl (C=O) groups excluding carboxylic acids is 1. The minimum atomic E-state index is 0.00346. The molecule has 5 nitrogen and oxygen atoms in total. The molecule has 3 rings (SSSR count). The Bertz CT molecular complexity index is 861. The zero-order valence-corrected chi connectivity index (χ0v) is 16.3. The maximum atomic E-state index is 12.0. The topological polar surface area (TPSA) is 64.1 Å². The summed E-state index contributed by atoms with van der Waals surface area (Å²) in [5.74, 6) is 0.00346. The van der Waals surface area contributed by atoms with E-state index in [0.29, 0.717) is 19.6 Å². The number of hydrogen-bond donors (Lipinski definition) is 1. The molecule has 0 bridgehead atoms. The van der Waals surface area contributed by atoms with Gasteiger partial charge in [0.25, 0.3) is 0 Å². The Hall–Kier alpha value is -2.57. The van der Waals surface area contributed by atoms with Crippen LogP contribution in [0.5, 0.6) is 0 Å². The first-order valence-corrected chi connectivity index (χ1v) is 9.83. The van der Waals surface area contributed by atoms with E-state index in [1.807, 2.05) is 55.6 Å². The molecule has 0 radical (unpaired) electrons. The van der Waals surface area contributed by atoms with Crippen LogP contribution in [0.4, 0.5) is 0 Å². The summed E-state index contributed by atoms with van der Waals surface area (Å²) in [4.78, 5) is 20.7. The maximum Gasteiger partial charge on any atom is 0.224 e. The molecule has 2 heterocycles. The lowest BCUT2D eigenvalue weighted by Crippen LogP contribution is -2.29. The van der Waals surface area contributed by atoms with Crippen LogP contribution in [0.1, 0.15) is 19.4 Å². The van der Waals surface area contributed by atoms with Crippen molar-refractivity contribution in [3.05, 3.63) is 59.7 Å². The number of ether oxygens (including phenoxy) is 1. The number of pyridine rings is 1. The fraction of sp³-hybridized carbons (Fsp3) is 0.286. The van der Waals surface area contributed by atoms with Gasteiger partial charge in [-0.25, -0.2) is 4.98 Å². The van der Waals surface area contributed by atoms with E-state index in [9.17, 15) is 4.79 Å². The zero-order valence-electron chi connectivity index (χ0n) is 15.5. The van der Waals surface area contributed by atoms with Crippen LogP contribution in [0, 0.1) is 0 Å². The summed E-state index contributed by atoms with van der Waals surface area (Å²) in [5.41, 5.74) is 4.02. The number of benzene rings is 1. The standard InChI is InChI=1S/C21H23N3O2S/c1-15(2)26-12-11-23-20(25)13-16-3-5-17(6-4-16)19-14-27-21(24-19)18-7-9-22-10-8-18/h3-10,14-15H,11-13H2,1-2H3,(H,23,25). The molecule has 0 spiro atoms. The predicted molar refractivity (Wildman–Crippen MR) is 109 cm³/mol. The van der Waals surface area contributed by atoms with Crippen molar-refractivity contribution in [2.75, 3.05) is 13.2 Å². The third kappa shape index (κ3) is 5.70. The van der Waals surface area contributed by atoms with Crippen molar-refractivity contribution in [3.63, 3.8) is 0 Å². The monoisotopic (exact) mass is 381 g/mol. The largest absolute Gasteiger partial charge is 0.377 e. The quantitative estimate of drug-likeness (QED) is 0.600. The molecule has 0 aliphatic carbocycles. The van der Waals surface area contributed by atoms with Gasteiger partial charge in [0.05, 0.1) is 24.8 Å². The molecular weight excluding hydrogens is 358 g/mol. The van der Waals surface area contributed by atoms with Gasteiger partial charge in [-0.15, -0.1) is 11.3 Å². The summed E-state index contributed by atoms with van der Waals surface area (Å²) in [6, 6.07) is 11.9. The zero-order chi connectivity index (χ0) is 19.1. The van der Waals surface area contributed by atoms with Gasteiger partial charge in [-0.3, -0.25) is 9.78 Å². The van der Waals surface area contributed by atoms with Crippen LogP contribution >= 0.6 is 11.3 Å². The van der Waals surface area contributed by atoms with Gasteiger partial charge in [0, 0.05) is 35.4 Å². The lowest BCUT2D eigenvalue weighted by molar-refractivity contribution is -0.120. The van der Waals surface area contributed by atoms with Crippen LogP contribution in [-0.4, -0.2) is 35.1 Å². The van der Waals surface area contributed by atoms with E-state index in [1.54, 1.807) is 23.7 Å². The van der Waals surface area contributed by atoms with Gasteiger partial charge >= 0.3 is 0 Å². The number of nitrogens with zero attached hydrogens (tertiary/aromatic N) is 2. The minimum Gasteiger partial charge on any atom is -0.377 e. The summed E-state index contributed by atoms with van der Waals surface area (Å²) < 4.78 is 5.42. The smallest absolute Gasteiger partial charge is 0.224 e. The van der Waals surface area contributed by atoms with E-state index < -0.39 is 0 Å². The Morgan fingerprint density at radius 3 is 2.56 bits per heavy atom. The van der Waals surface area contributed by atoms with E-state index in [0.717, 1.165) is 27.4 Å². The number of nitrogens with one attached hydrogen (secondary N) is 1. The predicted octanol–water partition coefficient (Wildman–Crippen LogP) is 3.96. The van der Waals surface area contributed by atoms with E-state index in [1.165, 1.54) is 0 Å². The van der Waals surface area contributed by atoms with E-state index in [4.69, 9.17) is 9.72 Å². The molecule has 140 valence electrons. The highest BCUT2D eigenvalue weighted by Gasteiger charge is 2.08. The van der Waals surface area contributed by atoms with Gasteiger partial charge in [0.2, 0.25) is 5.91 Å². The van der Waals surface area contributed by atoms with Gasteiger partial charge in [0.15, 0.2) is 0 Å². The lowest BCUT2D eigenvalue weighted by Gasteiger charge is -2.09. The molecule has 0 unspecified atom stereocenters. The molecule has 0 saturated heterocycles. The number of carbonyl (C=O) groups is 1. The molecular formula is C21H23N3O2S. The van der Waals surface area contributed by atoms with E-state index in [-0.39, 0.29) is 12.0 Å². The number of amides is 1. The summed E-state index contributed by atoms with van der Waals surface area (Å²) in [7, 11) is 0. The third-order valence-corrected chi connectivity index (χ3v) is 4.81. The average molecular weight is 382 g/mol. The molecule has 1 aromatic carbocycles. The van der Waals surface area contributed by atoms with Crippen molar-refractivity contribution >= 4 is 17.2 Å². The van der Waals surface area contributed by atoms with Gasteiger partial charge in [-0.2, -0.15) is 0 Å². The van der Waals surface area contributed by atoms with Gasteiger partial charge < -0.3 is 10.1 Å². The molecule has 0 saturated carbocycles. The SMILES string of the molecule is CC(C)OCCNC(=O)Cc1ccc(-c2csc(-c3ccncc3)n2)cc1. The minimum absolute atomic E-state index is 0.00346. The maximum absolute atomic E-state index is 12.0. The molecule has 0 atom stereocenters. The second kappa shape index (κ2) is 9.39. The number of aromatic nitrogens is 2. The first-order chi connectivity index (χ1) is 13.1. The molecule has 0 aliphatic heterocycles. The Morgan fingerprint density at radius 1 is 1.11 bits per heavy atom. The van der Waals surface area contributed by atoms with Crippen LogP contribution in [0.3, 0.4) is 0 Å². The first kappa shape index (κ1) is 19.2. The Kier molecular flexibility index (Phi) is 6.68. The van der Waals surface area contributed by atoms with Gasteiger partial charge in [-0.1, -0.05) is 24.3 Å². The molecule has 1 amide bonds. The number of hydrogen-bond acceptors (Lipinski definition) is 5. The van der Waals surface area contributed by atoms with Crippen molar-refractivity contribution in [3.8, 4) is 21.8 Å². The molecule has 2 aromatic heterocycles. The lowest BCUT2D eigenvalue weighted by atomic mass is 10.1. The number of rotatable bonds is 8. The van der Waals surface area contributed by atoms with Crippen molar-refractivity contribution < 1.29 is 9.53 Å². The molecule has 27 heavy (non-hydrogen) atoms. The normalized spacial score (nSPS) is 10.9. The first-order valence-electron chi connectivity index (χ1n) is 8.95. The number of thiazole rings is 1. The van der Waals surface area contributed by atoms with Crippen LogP contribution < -0.4 is 5.32 Å². The van der Waals surface area contributed by atoms with Crippen LogP contribution in [0.2, 0.25) is 0 Å². The molecule has 1 N–H and O–H groups in total. The Morgan fingerprint density at radius 2 is 1.85 bits per heavy atom. The highest BCUT2D eigenvalue weighted by molar-refractivity contribution is 7.13. The summed E-state index contributed by atoms with van der Waals surface area (Å²) in [6.45, 7) is 5.02. The second-order valence-corrected chi connectivity index (χ2v) is 7.28. The fourth-order valence-corrected chi connectivity index (χ4v) is 3.40. The Labute approximate surface area is 163 Å². The van der Waals surface area contributed by atoms with Gasteiger partial charge in [0.1, 0.15) is 5.01 Å².